The third kappa shape index (κ3) is 7.82. The van der Waals surface area contributed by atoms with Gasteiger partial charge in [0, 0.05) is 11.4 Å². The number of amides is 2. The number of likely N-dealkylation sites (tertiary alicyclic amines) is 1. The number of nitrogens with two attached hydrogens (primary N) is 1. The Bertz CT molecular complexity index is 868. The van der Waals surface area contributed by atoms with Gasteiger partial charge in [-0.25, -0.2) is 0 Å². The van der Waals surface area contributed by atoms with Gasteiger partial charge in [0.25, 0.3) is 0 Å². The van der Waals surface area contributed by atoms with E-state index in [0.29, 0.717) is 17.9 Å². The number of anilines is 2. The number of carbonyl (C=O) groups is 2. The number of rotatable bonds is 6. The zero-order valence-electron chi connectivity index (χ0n) is 18.0. The molecule has 3 rings (SSSR count). The van der Waals surface area contributed by atoms with E-state index in [1.165, 1.54) is 6.42 Å². The fourth-order valence-electron chi connectivity index (χ4n) is 3.49. The minimum atomic E-state index is -0.756. The number of carbonyl (C=O) groups excluding carboxylic acids is 2. The van der Waals surface area contributed by atoms with Gasteiger partial charge in [0.2, 0.25) is 11.8 Å². The minimum absolute atomic E-state index is 0. The lowest BCUT2D eigenvalue weighted by Crippen LogP contribution is -2.36. The first-order valence-electron chi connectivity index (χ1n) is 10.2. The molecule has 8 heteroatoms. The Balaban J connectivity index is 0.00000240. The van der Waals surface area contributed by atoms with E-state index in [1.807, 2.05) is 50.2 Å². The van der Waals surface area contributed by atoms with Crippen LogP contribution in [0.5, 0.6) is 0 Å². The van der Waals surface area contributed by atoms with Crippen LogP contribution in [0.2, 0.25) is 0 Å². The number of hydrogen-bond acceptors (Lipinski definition) is 4. The summed E-state index contributed by atoms with van der Waals surface area (Å²) < 4.78 is 0. The van der Waals surface area contributed by atoms with E-state index in [2.05, 4.69) is 15.5 Å². The maximum atomic E-state index is 12.5. The highest BCUT2D eigenvalue weighted by Crippen LogP contribution is 2.22. The molecular formula is C23H32Cl2N4O2. The molecule has 2 aromatic rings. The van der Waals surface area contributed by atoms with Gasteiger partial charge in [-0.2, -0.15) is 0 Å². The van der Waals surface area contributed by atoms with Crippen LogP contribution < -0.4 is 16.4 Å². The number of halogens is 2. The lowest BCUT2D eigenvalue weighted by atomic mass is 10.1. The molecule has 0 aromatic heterocycles. The second-order valence-electron chi connectivity index (χ2n) is 7.79. The van der Waals surface area contributed by atoms with E-state index >= 15 is 0 Å². The van der Waals surface area contributed by atoms with Crippen LogP contribution in [0.15, 0.2) is 42.5 Å². The Labute approximate surface area is 196 Å². The van der Waals surface area contributed by atoms with Crippen molar-refractivity contribution < 1.29 is 9.59 Å². The molecule has 1 unspecified atom stereocenters. The van der Waals surface area contributed by atoms with Gasteiger partial charge in [-0.05, 0) is 63.0 Å². The summed E-state index contributed by atoms with van der Waals surface area (Å²) in [6.45, 7) is 6.26. The van der Waals surface area contributed by atoms with Crippen LogP contribution in [0.25, 0.3) is 0 Å². The Kier molecular flexibility index (Phi) is 11.0. The first-order chi connectivity index (χ1) is 13.9. The number of piperidine rings is 1. The first-order valence-corrected chi connectivity index (χ1v) is 10.2. The number of aryl methyl sites for hydroxylation is 2. The maximum absolute atomic E-state index is 12.5. The second kappa shape index (κ2) is 12.7. The average Bonchev–Trinajstić information content (AvgIpc) is 2.71. The van der Waals surface area contributed by atoms with E-state index in [0.717, 1.165) is 42.6 Å². The Morgan fingerprint density at radius 1 is 0.968 bits per heavy atom. The van der Waals surface area contributed by atoms with Crippen molar-refractivity contribution in [2.24, 2.45) is 5.73 Å². The molecule has 170 valence electrons. The second-order valence-corrected chi connectivity index (χ2v) is 7.79. The summed E-state index contributed by atoms with van der Waals surface area (Å²) in [6, 6.07) is 12.3. The van der Waals surface area contributed by atoms with Crippen LogP contribution in [0, 0.1) is 13.8 Å². The van der Waals surface area contributed by atoms with E-state index in [9.17, 15) is 9.59 Å². The highest BCUT2D eigenvalue weighted by Gasteiger charge is 2.17. The lowest BCUT2D eigenvalue weighted by Gasteiger charge is -2.25. The molecule has 1 aliphatic heterocycles. The van der Waals surface area contributed by atoms with Crippen LogP contribution in [-0.4, -0.2) is 36.3 Å². The molecule has 1 atom stereocenters. The number of nitrogens with zero attached hydrogens (tertiary/aromatic N) is 1. The molecule has 0 radical (unpaired) electrons. The topological polar surface area (TPSA) is 87.5 Å². The monoisotopic (exact) mass is 466 g/mol. The third-order valence-corrected chi connectivity index (χ3v) is 5.31. The maximum Gasteiger partial charge on any atom is 0.245 e. The predicted octanol–water partition coefficient (Wildman–Crippen LogP) is 4.21. The molecule has 1 saturated heterocycles. The fraction of sp³-hybridized carbons (Fsp3) is 0.391. The molecule has 0 saturated carbocycles. The predicted molar refractivity (Wildman–Crippen MR) is 131 cm³/mol. The van der Waals surface area contributed by atoms with Gasteiger partial charge < -0.3 is 16.4 Å². The summed E-state index contributed by atoms with van der Waals surface area (Å²) in [5, 5.41) is 5.83. The van der Waals surface area contributed by atoms with Crippen LogP contribution >= 0.6 is 24.8 Å². The van der Waals surface area contributed by atoms with E-state index in [-0.39, 0.29) is 36.6 Å². The van der Waals surface area contributed by atoms with Crippen LogP contribution in [0.3, 0.4) is 0 Å². The zero-order valence-corrected chi connectivity index (χ0v) is 19.7. The minimum Gasteiger partial charge on any atom is -0.325 e. The Morgan fingerprint density at radius 2 is 1.61 bits per heavy atom. The molecule has 2 aromatic carbocycles. The number of nitrogens with one attached hydrogen (secondary N) is 2. The highest BCUT2D eigenvalue weighted by molar-refractivity contribution is 5.97. The molecular weight excluding hydrogens is 435 g/mol. The molecule has 6 nitrogen and oxygen atoms in total. The van der Waals surface area contributed by atoms with Crippen molar-refractivity contribution >= 4 is 48.0 Å². The summed E-state index contributed by atoms with van der Waals surface area (Å²) in [5.74, 6) is -0.321. The Morgan fingerprint density at radius 3 is 2.26 bits per heavy atom. The summed E-state index contributed by atoms with van der Waals surface area (Å²) in [4.78, 5) is 27.2. The summed E-state index contributed by atoms with van der Waals surface area (Å²) in [6.07, 6.45) is 3.54. The standard InChI is InChI=1S/C23H30N4O2.2ClH/c1-16-6-9-18(10-7-16)22(24)23(29)25-19-11-8-17(2)20(14-19)26-21(28)15-27-12-4-3-5-13-27;;/h6-11,14,22H,3-5,12-13,15,24H2,1-2H3,(H,25,29)(H,26,28);2*1H. The summed E-state index contributed by atoms with van der Waals surface area (Å²) in [5.41, 5.74) is 10.2. The SMILES string of the molecule is Cc1ccc(C(N)C(=O)Nc2ccc(C)c(NC(=O)CN3CCCCC3)c2)cc1.Cl.Cl. The molecule has 0 spiro atoms. The van der Waals surface area contributed by atoms with E-state index in [1.54, 1.807) is 6.07 Å². The van der Waals surface area contributed by atoms with Crippen LogP contribution in [-0.2, 0) is 9.59 Å². The fourth-order valence-corrected chi connectivity index (χ4v) is 3.49. The molecule has 1 fully saturated rings. The molecule has 1 heterocycles. The number of benzene rings is 2. The van der Waals surface area contributed by atoms with Gasteiger partial charge in [0.15, 0.2) is 0 Å². The van der Waals surface area contributed by atoms with Crippen molar-refractivity contribution in [1.82, 2.24) is 4.90 Å². The molecule has 0 aliphatic carbocycles. The van der Waals surface area contributed by atoms with Crippen molar-refractivity contribution in [2.75, 3.05) is 30.3 Å². The van der Waals surface area contributed by atoms with Crippen molar-refractivity contribution in [3.63, 3.8) is 0 Å². The van der Waals surface area contributed by atoms with E-state index in [4.69, 9.17) is 5.73 Å². The molecule has 31 heavy (non-hydrogen) atoms. The zero-order chi connectivity index (χ0) is 20.8. The van der Waals surface area contributed by atoms with Gasteiger partial charge in [0.1, 0.15) is 6.04 Å². The van der Waals surface area contributed by atoms with Crippen LogP contribution in [0.1, 0.15) is 42.0 Å². The lowest BCUT2D eigenvalue weighted by molar-refractivity contribution is -0.118. The van der Waals surface area contributed by atoms with Gasteiger partial charge >= 0.3 is 0 Å². The normalized spacial score (nSPS) is 14.5. The van der Waals surface area contributed by atoms with Crippen LogP contribution in [0.4, 0.5) is 11.4 Å². The van der Waals surface area contributed by atoms with Crippen molar-refractivity contribution in [2.45, 2.75) is 39.2 Å². The third-order valence-electron chi connectivity index (χ3n) is 5.31. The molecule has 0 bridgehead atoms. The van der Waals surface area contributed by atoms with Gasteiger partial charge in [-0.15, -0.1) is 24.8 Å². The first kappa shape index (κ1) is 26.9. The molecule has 1 aliphatic rings. The van der Waals surface area contributed by atoms with Gasteiger partial charge in [-0.3, -0.25) is 14.5 Å². The van der Waals surface area contributed by atoms with Gasteiger partial charge in [-0.1, -0.05) is 42.3 Å². The summed E-state index contributed by atoms with van der Waals surface area (Å²) in [7, 11) is 0. The van der Waals surface area contributed by atoms with Crippen molar-refractivity contribution in [3.05, 3.63) is 59.2 Å². The van der Waals surface area contributed by atoms with Crippen molar-refractivity contribution in [3.8, 4) is 0 Å². The van der Waals surface area contributed by atoms with Gasteiger partial charge in [0.05, 0.1) is 6.54 Å². The Hall–Kier alpha value is -2.12. The van der Waals surface area contributed by atoms with E-state index < -0.39 is 6.04 Å². The largest absolute Gasteiger partial charge is 0.325 e. The summed E-state index contributed by atoms with van der Waals surface area (Å²) >= 11 is 0. The average molecular weight is 467 g/mol. The quantitative estimate of drug-likeness (QED) is 0.594. The number of hydrogen-bond donors (Lipinski definition) is 3. The smallest absolute Gasteiger partial charge is 0.245 e. The highest BCUT2D eigenvalue weighted by atomic mass is 35.5. The van der Waals surface area contributed by atoms with Crippen molar-refractivity contribution in [1.29, 1.82) is 0 Å². The molecule has 2 amide bonds. The molecule has 4 N–H and O–H groups in total.